The zero-order chi connectivity index (χ0) is 13.2. The quantitative estimate of drug-likeness (QED) is 0.623. The number of oxime groups is 1. The highest BCUT2D eigenvalue weighted by molar-refractivity contribution is 6.01. The molecule has 1 aromatic carbocycles. The fraction of sp³-hybridized carbons (Fsp3) is 0.167. The number of aromatic nitrogens is 2. The van der Waals surface area contributed by atoms with Crippen molar-refractivity contribution in [3.05, 3.63) is 58.5 Å². The lowest BCUT2D eigenvalue weighted by atomic mass is 10.1. The molecule has 0 saturated carbocycles. The topological polar surface area (TPSA) is 82.5 Å². The minimum Gasteiger partial charge on any atom is -0.358 e. The van der Waals surface area contributed by atoms with Gasteiger partial charge in [0.15, 0.2) is 6.33 Å². The molecule has 7 heteroatoms. The Morgan fingerprint density at radius 1 is 1.37 bits per heavy atom. The molecule has 19 heavy (non-hydrogen) atoms. The Kier molecular flexibility index (Phi) is 2.71. The van der Waals surface area contributed by atoms with Crippen LogP contribution in [0.25, 0.3) is 0 Å². The molecule has 3 rings (SSSR count). The Bertz CT molecular complexity index is 635. The van der Waals surface area contributed by atoms with Gasteiger partial charge in [0.05, 0.1) is 12.1 Å². The minimum absolute atomic E-state index is 0.102. The fourth-order valence-electron chi connectivity index (χ4n) is 1.98. The van der Waals surface area contributed by atoms with E-state index in [4.69, 9.17) is 4.84 Å². The first-order valence-electron chi connectivity index (χ1n) is 5.70. The summed E-state index contributed by atoms with van der Waals surface area (Å²) in [6.45, 7) is 0. The first-order chi connectivity index (χ1) is 9.25. The van der Waals surface area contributed by atoms with E-state index >= 15 is 0 Å². The summed E-state index contributed by atoms with van der Waals surface area (Å²) < 4.78 is 1.37. The van der Waals surface area contributed by atoms with Gasteiger partial charge < -0.3 is 15.0 Å². The van der Waals surface area contributed by atoms with E-state index in [1.54, 1.807) is 0 Å². The van der Waals surface area contributed by atoms with Gasteiger partial charge in [0.1, 0.15) is 6.20 Å². The third-order valence-electron chi connectivity index (χ3n) is 2.90. The molecule has 2 aromatic rings. The Morgan fingerprint density at radius 3 is 2.89 bits per heavy atom. The number of benzene rings is 1. The van der Waals surface area contributed by atoms with Gasteiger partial charge in [-0.1, -0.05) is 35.5 Å². The van der Waals surface area contributed by atoms with E-state index < -0.39 is 11.2 Å². The first-order valence-corrected chi connectivity index (χ1v) is 5.70. The second kappa shape index (κ2) is 4.52. The summed E-state index contributed by atoms with van der Waals surface area (Å²) in [5.41, 5.74) is 1.72. The highest BCUT2D eigenvalue weighted by Gasteiger charge is 2.30. The maximum atomic E-state index is 10.8. The summed E-state index contributed by atoms with van der Waals surface area (Å²) in [7, 11) is 0. The number of nitrogens with zero attached hydrogens (tertiary/aromatic N) is 4. The normalized spacial score (nSPS) is 17.9. The standard InChI is InChI=1S/C12H10N4O3/c17-16(18)11-7-13-8-15(11)12-6-10(14-19-12)9-4-2-1-3-5-9/h1-5,7-8,12H,6H2/t12-/m1/s1. The molecule has 0 saturated heterocycles. The van der Waals surface area contributed by atoms with Crippen molar-refractivity contribution in [2.75, 3.05) is 0 Å². The molecule has 0 radical (unpaired) electrons. The highest BCUT2D eigenvalue weighted by atomic mass is 16.7. The molecule has 0 bridgehead atoms. The SMILES string of the molecule is O=[N+]([O-])c1cncn1[C@H]1CC(c2ccccc2)=NO1. The third-order valence-corrected chi connectivity index (χ3v) is 2.90. The molecule has 1 aliphatic heterocycles. The summed E-state index contributed by atoms with van der Waals surface area (Å²) >= 11 is 0. The number of nitro groups is 1. The summed E-state index contributed by atoms with van der Waals surface area (Å²) in [4.78, 5) is 19.4. The van der Waals surface area contributed by atoms with E-state index in [-0.39, 0.29) is 5.82 Å². The van der Waals surface area contributed by atoms with Crippen LogP contribution in [0.5, 0.6) is 0 Å². The molecule has 1 aliphatic rings. The number of imidazole rings is 1. The molecule has 1 atom stereocenters. The van der Waals surface area contributed by atoms with Crippen molar-refractivity contribution in [3.8, 4) is 0 Å². The third kappa shape index (κ3) is 2.05. The Balaban J connectivity index is 1.81. The second-order valence-electron chi connectivity index (χ2n) is 4.08. The molecule has 0 spiro atoms. The molecular formula is C12H10N4O3. The van der Waals surface area contributed by atoms with Crippen molar-refractivity contribution in [1.82, 2.24) is 9.55 Å². The van der Waals surface area contributed by atoms with Gasteiger partial charge in [-0.05, 0) is 10.5 Å². The summed E-state index contributed by atoms with van der Waals surface area (Å²) in [5.74, 6) is -0.102. The first kappa shape index (κ1) is 11.4. The van der Waals surface area contributed by atoms with Crippen molar-refractivity contribution < 1.29 is 9.76 Å². The van der Waals surface area contributed by atoms with E-state index in [0.717, 1.165) is 11.3 Å². The maximum absolute atomic E-state index is 10.8. The maximum Gasteiger partial charge on any atom is 0.345 e. The van der Waals surface area contributed by atoms with Gasteiger partial charge >= 0.3 is 5.82 Å². The summed E-state index contributed by atoms with van der Waals surface area (Å²) in [5, 5.41) is 14.8. The minimum atomic E-state index is -0.516. The average molecular weight is 258 g/mol. The van der Waals surface area contributed by atoms with Gasteiger partial charge in [-0.2, -0.15) is 4.57 Å². The van der Waals surface area contributed by atoms with Crippen molar-refractivity contribution >= 4 is 11.5 Å². The largest absolute Gasteiger partial charge is 0.358 e. The van der Waals surface area contributed by atoms with Crippen LogP contribution >= 0.6 is 0 Å². The monoisotopic (exact) mass is 258 g/mol. The van der Waals surface area contributed by atoms with E-state index in [1.807, 2.05) is 30.3 Å². The van der Waals surface area contributed by atoms with E-state index in [2.05, 4.69) is 10.1 Å². The van der Waals surface area contributed by atoms with Gasteiger partial charge in [0.25, 0.3) is 6.23 Å². The predicted octanol–water partition coefficient (Wildman–Crippen LogP) is 2.11. The Hall–Kier alpha value is -2.70. The summed E-state index contributed by atoms with van der Waals surface area (Å²) in [6, 6.07) is 9.58. The Labute approximate surface area is 108 Å². The lowest BCUT2D eigenvalue weighted by molar-refractivity contribution is -0.393. The predicted molar refractivity (Wildman–Crippen MR) is 66.6 cm³/mol. The average Bonchev–Trinajstić information content (AvgIpc) is 3.08. The molecule has 0 amide bonds. The van der Waals surface area contributed by atoms with Crippen molar-refractivity contribution in [1.29, 1.82) is 0 Å². The molecule has 0 aliphatic carbocycles. The van der Waals surface area contributed by atoms with Gasteiger partial charge in [0.2, 0.25) is 0 Å². The smallest absolute Gasteiger partial charge is 0.345 e. The van der Waals surface area contributed by atoms with E-state index in [1.165, 1.54) is 17.1 Å². The van der Waals surface area contributed by atoms with Crippen LogP contribution in [0.1, 0.15) is 18.2 Å². The van der Waals surface area contributed by atoms with Crippen LogP contribution in [0.15, 0.2) is 48.0 Å². The van der Waals surface area contributed by atoms with Gasteiger partial charge in [0, 0.05) is 0 Å². The lowest BCUT2D eigenvalue weighted by Crippen LogP contribution is -2.11. The molecule has 1 aromatic heterocycles. The van der Waals surface area contributed by atoms with Crippen molar-refractivity contribution in [2.45, 2.75) is 12.6 Å². The van der Waals surface area contributed by atoms with E-state index in [0.29, 0.717) is 6.42 Å². The van der Waals surface area contributed by atoms with Crippen LogP contribution in [-0.4, -0.2) is 20.2 Å². The zero-order valence-electron chi connectivity index (χ0n) is 9.84. The van der Waals surface area contributed by atoms with Crippen LogP contribution < -0.4 is 0 Å². The number of rotatable bonds is 3. The van der Waals surface area contributed by atoms with Crippen LogP contribution in [0.3, 0.4) is 0 Å². The molecule has 96 valence electrons. The van der Waals surface area contributed by atoms with Crippen LogP contribution in [0.4, 0.5) is 5.82 Å². The van der Waals surface area contributed by atoms with Gasteiger partial charge in [-0.3, -0.25) is 0 Å². The second-order valence-corrected chi connectivity index (χ2v) is 4.08. The van der Waals surface area contributed by atoms with Crippen molar-refractivity contribution in [3.63, 3.8) is 0 Å². The Morgan fingerprint density at radius 2 is 2.16 bits per heavy atom. The molecular weight excluding hydrogens is 248 g/mol. The molecule has 0 unspecified atom stereocenters. The van der Waals surface area contributed by atoms with Gasteiger partial charge in [-0.25, -0.2) is 4.98 Å². The van der Waals surface area contributed by atoms with Gasteiger partial charge in [-0.15, -0.1) is 0 Å². The highest BCUT2D eigenvalue weighted by Crippen LogP contribution is 2.28. The molecule has 7 nitrogen and oxygen atoms in total. The zero-order valence-corrected chi connectivity index (χ0v) is 9.84. The molecule has 2 heterocycles. The molecule has 0 N–H and O–H groups in total. The van der Waals surface area contributed by atoms with Crippen LogP contribution in [0.2, 0.25) is 0 Å². The van der Waals surface area contributed by atoms with E-state index in [9.17, 15) is 10.1 Å². The van der Waals surface area contributed by atoms with Crippen LogP contribution in [0, 0.1) is 10.1 Å². The fourth-order valence-corrected chi connectivity index (χ4v) is 1.98. The van der Waals surface area contributed by atoms with Crippen LogP contribution in [-0.2, 0) is 4.84 Å². The summed E-state index contributed by atoms with van der Waals surface area (Å²) in [6.07, 6.45) is 2.54. The lowest BCUT2D eigenvalue weighted by Gasteiger charge is -2.06. The number of hydrogen-bond donors (Lipinski definition) is 0. The van der Waals surface area contributed by atoms with Crippen molar-refractivity contribution in [2.24, 2.45) is 5.16 Å². The number of hydrogen-bond acceptors (Lipinski definition) is 5. The molecule has 0 fully saturated rings.